The highest BCUT2D eigenvalue weighted by molar-refractivity contribution is 5.99. The van der Waals surface area contributed by atoms with Crippen LogP contribution in [-0.4, -0.2) is 25.3 Å². The van der Waals surface area contributed by atoms with Crippen LogP contribution in [0.15, 0.2) is 116 Å². The Morgan fingerprint density at radius 1 is 0.825 bits per heavy atom. The third kappa shape index (κ3) is 5.07. The number of benzene rings is 4. The van der Waals surface area contributed by atoms with Gasteiger partial charge in [0.2, 0.25) is 0 Å². The van der Waals surface area contributed by atoms with Crippen molar-refractivity contribution in [2.45, 2.75) is 13.5 Å². The molecule has 2 aromatic heterocycles. The van der Waals surface area contributed by atoms with E-state index in [1.165, 1.54) is 19.3 Å². The summed E-state index contributed by atoms with van der Waals surface area (Å²) in [5, 5.41) is 0. The van der Waals surface area contributed by atoms with E-state index >= 15 is 4.39 Å². The Labute approximate surface area is 231 Å². The van der Waals surface area contributed by atoms with Crippen molar-refractivity contribution in [3.8, 4) is 22.4 Å². The van der Waals surface area contributed by atoms with E-state index in [1.54, 1.807) is 24.5 Å². The van der Waals surface area contributed by atoms with Gasteiger partial charge in [-0.3, -0.25) is 4.79 Å². The molecule has 0 saturated carbocycles. The molecule has 6 rings (SSSR count). The lowest BCUT2D eigenvalue weighted by molar-refractivity contribution is 0.101. The number of carbonyl (C=O) groups is 1. The lowest BCUT2D eigenvalue weighted by Gasteiger charge is -2.11. The molecule has 0 N–H and O–H groups in total. The highest BCUT2D eigenvalue weighted by atomic mass is 19.1. The molecule has 0 saturated heterocycles. The van der Waals surface area contributed by atoms with Gasteiger partial charge in [0.05, 0.1) is 12.9 Å². The van der Waals surface area contributed by atoms with Crippen LogP contribution in [0.5, 0.6) is 0 Å². The van der Waals surface area contributed by atoms with Crippen LogP contribution in [0.1, 0.15) is 34.0 Å². The fourth-order valence-electron chi connectivity index (χ4n) is 4.77. The Morgan fingerprint density at radius 2 is 1.52 bits per heavy atom. The van der Waals surface area contributed by atoms with Crippen LogP contribution in [0.2, 0.25) is 0 Å². The highest BCUT2D eigenvalue weighted by Gasteiger charge is 2.18. The maximum absolute atomic E-state index is 16.0. The fraction of sp³-hybridized carbons (Fsp3) is 0.0588. The number of ketones is 1. The van der Waals surface area contributed by atoms with Crippen molar-refractivity contribution in [2.75, 3.05) is 0 Å². The molecule has 0 unspecified atom stereocenters. The summed E-state index contributed by atoms with van der Waals surface area (Å²) in [6, 6.07) is 32.8. The zero-order chi connectivity index (χ0) is 27.5. The number of Topliss-reactive ketones (excluding diaryl/α,β-unsaturated/α-hetero) is 1. The third-order valence-corrected chi connectivity index (χ3v) is 6.85. The van der Waals surface area contributed by atoms with E-state index in [1.807, 2.05) is 89.5 Å². The number of carbonyl (C=O) groups excluding carboxylic acids is 1. The predicted molar refractivity (Wildman–Crippen MR) is 157 cm³/mol. The number of imidazole rings is 1. The molecular formula is C34H25FN4O. The summed E-state index contributed by atoms with van der Waals surface area (Å²) in [6.45, 7) is 2.06. The molecular weight excluding hydrogens is 499 g/mol. The molecule has 6 aromatic rings. The molecule has 4 aromatic carbocycles. The van der Waals surface area contributed by atoms with Gasteiger partial charge in [0, 0.05) is 16.7 Å². The lowest BCUT2D eigenvalue weighted by atomic mass is 9.97. The quantitative estimate of drug-likeness (QED) is 0.157. The van der Waals surface area contributed by atoms with Crippen molar-refractivity contribution in [3.05, 3.63) is 138 Å². The van der Waals surface area contributed by atoms with Crippen LogP contribution in [0.3, 0.4) is 0 Å². The monoisotopic (exact) mass is 524 g/mol. The van der Waals surface area contributed by atoms with E-state index in [2.05, 4.69) is 15.0 Å². The van der Waals surface area contributed by atoms with Gasteiger partial charge in [-0.15, -0.1) is 0 Å². The number of rotatable bonds is 7. The summed E-state index contributed by atoms with van der Waals surface area (Å²) in [5.74, 6) is -0.617. The standard InChI is InChI=1S/C34H25FN4O/c1-23(40)28-16-17-29(32-33-34(37-21-36-32)39(22-38-33)20-25-8-4-2-5-9-25)30(19-28)31(35)18-24-12-14-27(15-13-24)26-10-6-3-7-11-26/h2-19,21-22H,20H2,1H3/b31-18-. The van der Waals surface area contributed by atoms with Crippen LogP contribution in [0.4, 0.5) is 4.39 Å². The van der Waals surface area contributed by atoms with Crippen molar-refractivity contribution in [1.29, 1.82) is 0 Å². The van der Waals surface area contributed by atoms with Gasteiger partial charge in [0.15, 0.2) is 11.4 Å². The molecule has 0 aliphatic carbocycles. The topological polar surface area (TPSA) is 60.7 Å². The molecule has 6 heteroatoms. The van der Waals surface area contributed by atoms with Gasteiger partial charge in [-0.25, -0.2) is 19.3 Å². The Hall–Kier alpha value is -5.23. The minimum Gasteiger partial charge on any atom is -0.311 e. The second-order valence-electron chi connectivity index (χ2n) is 9.55. The first-order chi connectivity index (χ1) is 19.6. The van der Waals surface area contributed by atoms with Crippen molar-refractivity contribution in [2.24, 2.45) is 0 Å². The van der Waals surface area contributed by atoms with Gasteiger partial charge in [-0.2, -0.15) is 0 Å². The molecule has 0 aliphatic heterocycles. The first-order valence-electron chi connectivity index (χ1n) is 12.9. The van der Waals surface area contributed by atoms with Crippen molar-refractivity contribution in [1.82, 2.24) is 19.5 Å². The first kappa shape index (κ1) is 25.1. The number of fused-ring (bicyclic) bond motifs is 1. The van der Waals surface area contributed by atoms with E-state index in [9.17, 15) is 4.79 Å². The van der Waals surface area contributed by atoms with E-state index < -0.39 is 5.83 Å². The Kier molecular flexibility index (Phi) is 6.81. The van der Waals surface area contributed by atoms with Crippen LogP contribution in [0, 0.1) is 0 Å². The van der Waals surface area contributed by atoms with E-state index in [0.29, 0.717) is 40.1 Å². The second kappa shape index (κ2) is 10.9. The highest BCUT2D eigenvalue weighted by Crippen LogP contribution is 2.34. The Morgan fingerprint density at radius 3 is 2.25 bits per heavy atom. The number of nitrogens with zero attached hydrogens (tertiary/aromatic N) is 4. The summed E-state index contributed by atoms with van der Waals surface area (Å²) >= 11 is 0. The normalized spacial score (nSPS) is 11.6. The summed E-state index contributed by atoms with van der Waals surface area (Å²) in [4.78, 5) is 25.8. The van der Waals surface area contributed by atoms with Gasteiger partial charge < -0.3 is 4.57 Å². The summed E-state index contributed by atoms with van der Waals surface area (Å²) in [7, 11) is 0. The maximum Gasteiger partial charge on any atom is 0.164 e. The van der Waals surface area contributed by atoms with E-state index in [0.717, 1.165) is 16.7 Å². The average Bonchev–Trinajstić information content (AvgIpc) is 3.41. The zero-order valence-electron chi connectivity index (χ0n) is 21.8. The van der Waals surface area contributed by atoms with Crippen molar-refractivity contribution < 1.29 is 9.18 Å². The van der Waals surface area contributed by atoms with E-state index in [4.69, 9.17) is 0 Å². The molecule has 194 valence electrons. The van der Waals surface area contributed by atoms with Gasteiger partial charge in [-0.1, -0.05) is 97.1 Å². The summed E-state index contributed by atoms with van der Waals surface area (Å²) in [6.07, 6.45) is 4.66. The van der Waals surface area contributed by atoms with Gasteiger partial charge in [0.1, 0.15) is 23.4 Å². The minimum atomic E-state index is -0.471. The molecule has 0 aliphatic rings. The van der Waals surface area contributed by atoms with Gasteiger partial charge >= 0.3 is 0 Å². The molecule has 0 amide bonds. The Balaban J connectivity index is 1.41. The Bertz CT molecular complexity index is 1840. The summed E-state index contributed by atoms with van der Waals surface area (Å²) in [5.41, 5.74) is 6.91. The SMILES string of the molecule is CC(=O)c1ccc(-c2ncnc3c2ncn3Cc2ccccc2)c(/C(F)=C/c2ccc(-c3ccccc3)cc2)c1. The minimum absolute atomic E-state index is 0.146. The zero-order valence-corrected chi connectivity index (χ0v) is 21.8. The van der Waals surface area contributed by atoms with Crippen LogP contribution in [0.25, 0.3) is 45.5 Å². The number of hydrogen-bond acceptors (Lipinski definition) is 4. The molecule has 5 nitrogen and oxygen atoms in total. The molecule has 2 heterocycles. The van der Waals surface area contributed by atoms with Crippen LogP contribution < -0.4 is 0 Å². The molecule has 0 radical (unpaired) electrons. The molecule has 0 atom stereocenters. The van der Waals surface area contributed by atoms with Crippen molar-refractivity contribution >= 4 is 28.9 Å². The van der Waals surface area contributed by atoms with Gasteiger partial charge in [0.25, 0.3) is 0 Å². The number of halogens is 1. The van der Waals surface area contributed by atoms with E-state index in [-0.39, 0.29) is 11.3 Å². The maximum atomic E-state index is 16.0. The van der Waals surface area contributed by atoms with Crippen molar-refractivity contribution in [3.63, 3.8) is 0 Å². The number of hydrogen-bond donors (Lipinski definition) is 0. The van der Waals surface area contributed by atoms with Crippen LogP contribution >= 0.6 is 0 Å². The predicted octanol–water partition coefficient (Wildman–Crippen LogP) is 7.88. The average molecular weight is 525 g/mol. The van der Waals surface area contributed by atoms with Crippen LogP contribution in [-0.2, 0) is 6.54 Å². The summed E-state index contributed by atoms with van der Waals surface area (Å²) < 4.78 is 18.0. The smallest absolute Gasteiger partial charge is 0.164 e. The molecule has 0 fully saturated rings. The van der Waals surface area contributed by atoms with Gasteiger partial charge in [-0.05, 0) is 41.3 Å². The molecule has 0 bridgehead atoms. The molecule has 0 spiro atoms. The molecule has 40 heavy (non-hydrogen) atoms. The third-order valence-electron chi connectivity index (χ3n) is 6.85. The largest absolute Gasteiger partial charge is 0.311 e. The number of aromatic nitrogens is 4. The lowest BCUT2D eigenvalue weighted by Crippen LogP contribution is -2.00. The second-order valence-corrected chi connectivity index (χ2v) is 9.55. The first-order valence-corrected chi connectivity index (χ1v) is 12.9. The fourth-order valence-corrected chi connectivity index (χ4v) is 4.77.